The van der Waals surface area contributed by atoms with Crippen LogP contribution >= 0.6 is 0 Å². The Kier molecular flexibility index (Phi) is 6.28. The maximum Gasteiger partial charge on any atom is 0.242 e. The molecule has 0 spiro atoms. The van der Waals surface area contributed by atoms with Crippen molar-refractivity contribution in [2.24, 2.45) is 5.73 Å². The van der Waals surface area contributed by atoms with Crippen LogP contribution < -0.4 is 5.73 Å². The molecular weight excluding hydrogens is 242 g/mol. The molecular formula is C14H27N3O2. The maximum atomic E-state index is 12.2. The zero-order valence-corrected chi connectivity index (χ0v) is 12.4. The van der Waals surface area contributed by atoms with Crippen LogP contribution in [0.15, 0.2) is 0 Å². The summed E-state index contributed by atoms with van der Waals surface area (Å²) in [6.07, 6.45) is 6.40. The Hall–Kier alpha value is -1.10. The van der Waals surface area contributed by atoms with Gasteiger partial charge in [-0.2, -0.15) is 0 Å². The summed E-state index contributed by atoms with van der Waals surface area (Å²) >= 11 is 0. The van der Waals surface area contributed by atoms with Crippen molar-refractivity contribution in [2.45, 2.75) is 57.5 Å². The molecule has 2 amide bonds. The number of carbonyl (C=O) groups is 2. The Balaban J connectivity index is 2.46. The summed E-state index contributed by atoms with van der Waals surface area (Å²) in [4.78, 5) is 27.2. The molecule has 5 nitrogen and oxygen atoms in total. The van der Waals surface area contributed by atoms with Crippen LogP contribution in [0.25, 0.3) is 0 Å². The third-order valence-corrected chi connectivity index (χ3v) is 4.02. The minimum Gasteiger partial charge on any atom is -0.341 e. The lowest BCUT2D eigenvalue weighted by molar-refractivity contribution is -0.140. The van der Waals surface area contributed by atoms with Crippen molar-refractivity contribution in [3.63, 3.8) is 0 Å². The van der Waals surface area contributed by atoms with Crippen LogP contribution in [0, 0.1) is 0 Å². The fraction of sp³-hybridized carbons (Fsp3) is 0.857. The molecule has 1 rings (SSSR count). The topological polar surface area (TPSA) is 66.6 Å². The largest absolute Gasteiger partial charge is 0.341 e. The summed E-state index contributed by atoms with van der Waals surface area (Å²) in [7, 11) is 3.49. The summed E-state index contributed by atoms with van der Waals surface area (Å²) in [5.41, 5.74) is 5.70. The molecule has 0 heterocycles. The first kappa shape index (κ1) is 16.0. The molecule has 2 N–H and O–H groups in total. The Morgan fingerprint density at radius 3 is 2.32 bits per heavy atom. The van der Waals surface area contributed by atoms with Crippen LogP contribution in [0.4, 0.5) is 0 Å². The minimum absolute atomic E-state index is 0.00560. The Morgan fingerprint density at radius 1 is 1.21 bits per heavy atom. The van der Waals surface area contributed by atoms with Gasteiger partial charge in [-0.05, 0) is 19.3 Å². The summed E-state index contributed by atoms with van der Waals surface area (Å²) in [5.74, 6) is -0.154. The fourth-order valence-corrected chi connectivity index (χ4v) is 2.52. The van der Waals surface area contributed by atoms with E-state index in [1.807, 2.05) is 14.0 Å². The van der Waals surface area contributed by atoms with E-state index in [1.54, 1.807) is 11.9 Å². The van der Waals surface area contributed by atoms with Crippen LogP contribution in [0.3, 0.4) is 0 Å². The molecule has 19 heavy (non-hydrogen) atoms. The second kappa shape index (κ2) is 7.48. The predicted molar refractivity (Wildman–Crippen MR) is 75.5 cm³/mol. The highest BCUT2D eigenvalue weighted by Gasteiger charge is 2.25. The highest BCUT2D eigenvalue weighted by atomic mass is 16.2. The van der Waals surface area contributed by atoms with Crippen molar-refractivity contribution in [1.29, 1.82) is 0 Å². The standard InChI is InChI=1S/C14H27N3O2/c1-4-12(15)14(19)16(2)10-13(18)17(3)11-8-6-5-7-9-11/h11-12H,4-10,15H2,1-3H3/t12-/m1/s1. The van der Waals surface area contributed by atoms with Gasteiger partial charge in [-0.1, -0.05) is 26.2 Å². The molecule has 0 aromatic heterocycles. The van der Waals surface area contributed by atoms with Gasteiger partial charge in [0.05, 0.1) is 12.6 Å². The van der Waals surface area contributed by atoms with Gasteiger partial charge in [0, 0.05) is 20.1 Å². The molecule has 1 aliphatic carbocycles. The van der Waals surface area contributed by atoms with E-state index in [1.165, 1.54) is 24.2 Å². The molecule has 0 aliphatic heterocycles. The molecule has 0 saturated heterocycles. The van der Waals surface area contributed by atoms with E-state index in [2.05, 4.69) is 0 Å². The summed E-state index contributed by atoms with van der Waals surface area (Å²) in [5, 5.41) is 0. The third-order valence-electron chi connectivity index (χ3n) is 4.02. The van der Waals surface area contributed by atoms with E-state index in [0.717, 1.165) is 12.8 Å². The summed E-state index contributed by atoms with van der Waals surface area (Å²) in [6, 6.07) is -0.164. The second-order valence-corrected chi connectivity index (χ2v) is 5.51. The zero-order chi connectivity index (χ0) is 14.4. The van der Waals surface area contributed by atoms with E-state index in [4.69, 9.17) is 5.73 Å². The summed E-state index contributed by atoms with van der Waals surface area (Å²) in [6.45, 7) is 1.99. The predicted octanol–water partition coefficient (Wildman–Crippen LogP) is 0.973. The molecule has 0 unspecified atom stereocenters. The third kappa shape index (κ3) is 4.49. The number of amides is 2. The van der Waals surface area contributed by atoms with E-state index in [-0.39, 0.29) is 18.4 Å². The number of hydrogen-bond donors (Lipinski definition) is 1. The van der Waals surface area contributed by atoms with E-state index in [0.29, 0.717) is 12.5 Å². The number of rotatable bonds is 5. The van der Waals surface area contributed by atoms with Crippen LogP contribution in [0.5, 0.6) is 0 Å². The van der Waals surface area contributed by atoms with E-state index >= 15 is 0 Å². The zero-order valence-electron chi connectivity index (χ0n) is 12.4. The monoisotopic (exact) mass is 269 g/mol. The van der Waals surface area contributed by atoms with Gasteiger partial charge < -0.3 is 15.5 Å². The van der Waals surface area contributed by atoms with Gasteiger partial charge in [-0.15, -0.1) is 0 Å². The van der Waals surface area contributed by atoms with Crippen molar-refractivity contribution in [2.75, 3.05) is 20.6 Å². The lowest BCUT2D eigenvalue weighted by Gasteiger charge is -2.32. The van der Waals surface area contributed by atoms with Crippen LogP contribution in [0.2, 0.25) is 0 Å². The lowest BCUT2D eigenvalue weighted by Crippen LogP contribution is -2.48. The second-order valence-electron chi connectivity index (χ2n) is 5.51. The van der Waals surface area contributed by atoms with E-state index in [9.17, 15) is 9.59 Å². The quantitative estimate of drug-likeness (QED) is 0.809. The average molecular weight is 269 g/mol. The smallest absolute Gasteiger partial charge is 0.242 e. The molecule has 0 bridgehead atoms. The number of nitrogens with zero attached hydrogens (tertiary/aromatic N) is 2. The van der Waals surface area contributed by atoms with Gasteiger partial charge in [0.2, 0.25) is 11.8 Å². The molecule has 0 radical (unpaired) electrons. The first-order chi connectivity index (χ1) is 8.97. The molecule has 1 atom stereocenters. The van der Waals surface area contributed by atoms with Crippen molar-refractivity contribution in [1.82, 2.24) is 9.80 Å². The number of hydrogen-bond acceptors (Lipinski definition) is 3. The van der Waals surface area contributed by atoms with Crippen LogP contribution in [-0.2, 0) is 9.59 Å². The Morgan fingerprint density at radius 2 is 1.79 bits per heavy atom. The maximum absolute atomic E-state index is 12.2. The van der Waals surface area contributed by atoms with E-state index < -0.39 is 6.04 Å². The van der Waals surface area contributed by atoms with Crippen molar-refractivity contribution in [3.05, 3.63) is 0 Å². The summed E-state index contributed by atoms with van der Waals surface area (Å²) < 4.78 is 0. The molecule has 110 valence electrons. The molecule has 0 aromatic rings. The highest BCUT2D eigenvalue weighted by molar-refractivity contribution is 5.87. The van der Waals surface area contributed by atoms with Gasteiger partial charge in [-0.3, -0.25) is 9.59 Å². The van der Waals surface area contributed by atoms with Crippen LogP contribution in [-0.4, -0.2) is 54.3 Å². The SMILES string of the molecule is CC[C@@H](N)C(=O)N(C)CC(=O)N(C)C1CCCCC1. The Bertz CT molecular complexity index is 314. The molecule has 1 saturated carbocycles. The number of likely N-dealkylation sites (N-methyl/N-ethyl adjacent to an activating group) is 2. The van der Waals surface area contributed by atoms with Gasteiger partial charge in [0.25, 0.3) is 0 Å². The lowest BCUT2D eigenvalue weighted by atomic mass is 9.94. The van der Waals surface area contributed by atoms with Crippen molar-refractivity contribution < 1.29 is 9.59 Å². The molecule has 0 aromatic carbocycles. The van der Waals surface area contributed by atoms with Crippen molar-refractivity contribution in [3.8, 4) is 0 Å². The Labute approximate surface area is 116 Å². The fourth-order valence-electron chi connectivity index (χ4n) is 2.52. The molecule has 1 fully saturated rings. The highest BCUT2D eigenvalue weighted by Crippen LogP contribution is 2.21. The van der Waals surface area contributed by atoms with Gasteiger partial charge in [0.15, 0.2) is 0 Å². The van der Waals surface area contributed by atoms with Crippen molar-refractivity contribution >= 4 is 11.8 Å². The number of carbonyl (C=O) groups excluding carboxylic acids is 2. The van der Waals surface area contributed by atoms with Gasteiger partial charge >= 0.3 is 0 Å². The average Bonchev–Trinajstić information content (AvgIpc) is 2.45. The first-order valence-electron chi connectivity index (χ1n) is 7.23. The minimum atomic E-state index is -0.502. The molecule has 1 aliphatic rings. The van der Waals surface area contributed by atoms with Crippen LogP contribution in [0.1, 0.15) is 45.4 Å². The van der Waals surface area contributed by atoms with Gasteiger partial charge in [0.1, 0.15) is 0 Å². The normalized spacial score (nSPS) is 17.9. The molecule has 5 heteroatoms. The first-order valence-corrected chi connectivity index (χ1v) is 7.23. The van der Waals surface area contributed by atoms with Gasteiger partial charge in [-0.25, -0.2) is 0 Å². The number of nitrogens with two attached hydrogens (primary N) is 1.